The molecule has 1 N–H and O–H groups in total. The Morgan fingerprint density at radius 1 is 0.870 bits per heavy atom. The van der Waals surface area contributed by atoms with Crippen molar-refractivity contribution in [2.24, 2.45) is 0 Å². The first-order chi connectivity index (χ1) is 10.9. The van der Waals surface area contributed by atoms with E-state index in [4.69, 9.17) is 0 Å². The third-order valence-corrected chi connectivity index (χ3v) is 3.50. The van der Waals surface area contributed by atoms with Crippen molar-refractivity contribution in [3.8, 4) is 0 Å². The van der Waals surface area contributed by atoms with Gasteiger partial charge in [0.2, 0.25) is 5.91 Å². The number of halogens is 3. The van der Waals surface area contributed by atoms with Gasteiger partial charge < -0.3 is 5.32 Å². The number of rotatable bonds is 6. The fraction of sp³-hybridized carbons (Fsp3) is 0.278. The zero-order chi connectivity index (χ0) is 16.7. The maximum absolute atomic E-state index is 12.4. The Bertz CT molecular complexity index is 621. The van der Waals surface area contributed by atoms with Gasteiger partial charge in [-0.2, -0.15) is 13.2 Å². The minimum Gasteiger partial charge on any atom is -0.356 e. The Morgan fingerprint density at radius 2 is 1.48 bits per heavy atom. The van der Waals surface area contributed by atoms with Crippen LogP contribution in [0.5, 0.6) is 0 Å². The highest BCUT2D eigenvalue weighted by molar-refractivity contribution is 5.76. The largest absolute Gasteiger partial charge is 0.416 e. The molecule has 23 heavy (non-hydrogen) atoms. The number of amides is 1. The first-order valence-electron chi connectivity index (χ1n) is 7.42. The second-order valence-corrected chi connectivity index (χ2v) is 5.28. The molecule has 0 saturated carbocycles. The lowest BCUT2D eigenvalue weighted by Gasteiger charge is -2.08. The van der Waals surface area contributed by atoms with Gasteiger partial charge in [0.1, 0.15) is 0 Å². The van der Waals surface area contributed by atoms with Crippen LogP contribution in [0.2, 0.25) is 0 Å². The van der Waals surface area contributed by atoms with Crippen LogP contribution in [0.4, 0.5) is 13.2 Å². The van der Waals surface area contributed by atoms with Crippen molar-refractivity contribution in [1.82, 2.24) is 5.32 Å². The van der Waals surface area contributed by atoms with Crippen LogP contribution in [-0.4, -0.2) is 12.5 Å². The molecule has 0 saturated heterocycles. The number of hydrogen-bond donors (Lipinski definition) is 1. The molecule has 0 aliphatic rings. The molecule has 0 aliphatic carbocycles. The van der Waals surface area contributed by atoms with Crippen LogP contribution in [0.25, 0.3) is 0 Å². The van der Waals surface area contributed by atoms with E-state index in [0.29, 0.717) is 25.8 Å². The lowest BCUT2D eigenvalue weighted by molar-refractivity contribution is -0.137. The van der Waals surface area contributed by atoms with Gasteiger partial charge in [0.25, 0.3) is 0 Å². The van der Waals surface area contributed by atoms with Crippen molar-refractivity contribution in [3.05, 3.63) is 71.3 Å². The third kappa shape index (κ3) is 5.77. The number of benzene rings is 2. The summed E-state index contributed by atoms with van der Waals surface area (Å²) in [5, 5.41) is 2.79. The number of carbonyl (C=O) groups excluding carboxylic acids is 1. The maximum atomic E-state index is 12.4. The SMILES string of the molecule is O=C(CCc1ccccc1)NCCc1ccc(C(F)(F)F)cc1. The standard InChI is InChI=1S/C18H18F3NO/c19-18(20,21)16-9-6-15(7-10-16)12-13-22-17(23)11-8-14-4-2-1-3-5-14/h1-7,9-10H,8,11-13H2,(H,22,23). The number of aryl methyl sites for hydroxylation is 1. The number of nitrogens with one attached hydrogen (secondary N) is 1. The lowest BCUT2D eigenvalue weighted by Crippen LogP contribution is -2.25. The molecule has 0 fully saturated rings. The minimum absolute atomic E-state index is 0.0548. The van der Waals surface area contributed by atoms with Crippen LogP contribution < -0.4 is 5.32 Å². The smallest absolute Gasteiger partial charge is 0.356 e. The molecule has 0 aromatic heterocycles. The van der Waals surface area contributed by atoms with E-state index < -0.39 is 11.7 Å². The molecule has 2 rings (SSSR count). The predicted molar refractivity (Wildman–Crippen MR) is 82.9 cm³/mol. The molecule has 2 nitrogen and oxygen atoms in total. The van der Waals surface area contributed by atoms with Gasteiger partial charge in [0, 0.05) is 13.0 Å². The van der Waals surface area contributed by atoms with Gasteiger partial charge in [-0.3, -0.25) is 4.79 Å². The van der Waals surface area contributed by atoms with Gasteiger partial charge >= 0.3 is 6.18 Å². The van der Waals surface area contributed by atoms with E-state index in [1.807, 2.05) is 30.3 Å². The van der Waals surface area contributed by atoms with Crippen LogP contribution in [0, 0.1) is 0 Å². The molecule has 2 aromatic rings. The van der Waals surface area contributed by atoms with Gasteiger partial charge in [-0.1, -0.05) is 42.5 Å². The lowest BCUT2D eigenvalue weighted by atomic mass is 10.1. The van der Waals surface area contributed by atoms with Crippen molar-refractivity contribution < 1.29 is 18.0 Å². The topological polar surface area (TPSA) is 29.1 Å². The quantitative estimate of drug-likeness (QED) is 0.856. The summed E-state index contributed by atoms with van der Waals surface area (Å²) in [6, 6.07) is 14.7. The average Bonchev–Trinajstić information content (AvgIpc) is 2.53. The van der Waals surface area contributed by atoms with E-state index >= 15 is 0 Å². The van der Waals surface area contributed by atoms with E-state index in [-0.39, 0.29) is 5.91 Å². The van der Waals surface area contributed by atoms with Crippen molar-refractivity contribution in [2.45, 2.75) is 25.4 Å². The molecule has 0 aliphatic heterocycles. The van der Waals surface area contributed by atoms with Gasteiger partial charge in [-0.15, -0.1) is 0 Å². The van der Waals surface area contributed by atoms with Crippen LogP contribution in [0.15, 0.2) is 54.6 Å². The molecule has 0 radical (unpaired) electrons. The molecule has 0 heterocycles. The van der Waals surface area contributed by atoms with E-state index in [1.54, 1.807) is 0 Å². The summed E-state index contributed by atoms with van der Waals surface area (Å²) in [6.45, 7) is 0.416. The fourth-order valence-corrected chi connectivity index (χ4v) is 2.20. The van der Waals surface area contributed by atoms with Crippen LogP contribution in [0.3, 0.4) is 0 Å². The molecule has 122 valence electrons. The second kappa shape index (κ2) is 7.81. The average molecular weight is 321 g/mol. The molecule has 5 heteroatoms. The maximum Gasteiger partial charge on any atom is 0.416 e. The Hall–Kier alpha value is -2.30. The zero-order valence-electron chi connectivity index (χ0n) is 12.6. The summed E-state index contributed by atoms with van der Waals surface area (Å²) >= 11 is 0. The van der Waals surface area contributed by atoms with Crippen molar-refractivity contribution in [2.75, 3.05) is 6.54 Å². The highest BCUT2D eigenvalue weighted by atomic mass is 19.4. The number of alkyl halides is 3. The van der Waals surface area contributed by atoms with Crippen LogP contribution >= 0.6 is 0 Å². The van der Waals surface area contributed by atoms with Crippen LogP contribution in [0.1, 0.15) is 23.1 Å². The molecule has 0 unspecified atom stereocenters. The molecule has 1 amide bonds. The van der Waals surface area contributed by atoms with Gasteiger partial charge in [0.15, 0.2) is 0 Å². The molecular weight excluding hydrogens is 303 g/mol. The van der Waals surface area contributed by atoms with E-state index in [2.05, 4.69) is 5.32 Å². The summed E-state index contributed by atoms with van der Waals surface area (Å²) in [5.74, 6) is -0.0548. The number of carbonyl (C=O) groups is 1. The fourth-order valence-electron chi connectivity index (χ4n) is 2.20. The normalized spacial score (nSPS) is 11.3. The highest BCUT2D eigenvalue weighted by Crippen LogP contribution is 2.29. The van der Waals surface area contributed by atoms with Gasteiger partial charge in [-0.25, -0.2) is 0 Å². The summed E-state index contributed by atoms with van der Waals surface area (Å²) in [5.41, 5.74) is 1.21. The number of hydrogen-bond acceptors (Lipinski definition) is 1. The predicted octanol–water partition coefficient (Wildman–Crippen LogP) is 4.00. The molecule has 0 bridgehead atoms. The van der Waals surface area contributed by atoms with Gasteiger partial charge in [0.05, 0.1) is 5.56 Å². The van der Waals surface area contributed by atoms with Crippen molar-refractivity contribution in [3.63, 3.8) is 0 Å². The highest BCUT2D eigenvalue weighted by Gasteiger charge is 2.29. The molecule has 0 spiro atoms. The van der Waals surface area contributed by atoms with Crippen LogP contribution in [-0.2, 0) is 23.8 Å². The summed E-state index contributed by atoms with van der Waals surface area (Å²) in [7, 11) is 0. The van der Waals surface area contributed by atoms with Gasteiger partial charge in [-0.05, 0) is 36.1 Å². The third-order valence-electron chi connectivity index (χ3n) is 3.50. The van der Waals surface area contributed by atoms with E-state index in [0.717, 1.165) is 23.3 Å². The molecular formula is C18H18F3NO. The monoisotopic (exact) mass is 321 g/mol. The first kappa shape index (κ1) is 17.1. The summed E-state index contributed by atoms with van der Waals surface area (Å²) < 4.78 is 37.3. The van der Waals surface area contributed by atoms with E-state index in [1.165, 1.54) is 12.1 Å². The second-order valence-electron chi connectivity index (χ2n) is 5.28. The Balaban J connectivity index is 1.71. The Kier molecular flexibility index (Phi) is 5.79. The summed E-state index contributed by atoms with van der Waals surface area (Å²) in [6.07, 6.45) is -2.73. The van der Waals surface area contributed by atoms with Crippen molar-refractivity contribution in [1.29, 1.82) is 0 Å². The minimum atomic E-state index is -4.32. The Morgan fingerprint density at radius 3 is 2.09 bits per heavy atom. The molecule has 0 atom stereocenters. The first-order valence-corrected chi connectivity index (χ1v) is 7.42. The summed E-state index contributed by atoms with van der Waals surface area (Å²) in [4.78, 5) is 11.7. The zero-order valence-corrected chi connectivity index (χ0v) is 12.6. The van der Waals surface area contributed by atoms with Crippen molar-refractivity contribution >= 4 is 5.91 Å². The van der Waals surface area contributed by atoms with E-state index in [9.17, 15) is 18.0 Å². The Labute approximate surface area is 133 Å². The molecule has 2 aromatic carbocycles.